The predicted octanol–water partition coefficient (Wildman–Crippen LogP) is -0.757. The maximum Gasteiger partial charge on any atom is 0.326 e. The maximum atomic E-state index is 13.0. The number of amides is 3. The molecule has 0 aliphatic carbocycles. The van der Waals surface area contributed by atoms with Crippen molar-refractivity contribution in [2.45, 2.75) is 37.5 Å². The molecule has 1 aromatic heterocycles. The molecule has 0 saturated carbocycles. The SMILES string of the molecule is N[C@@H](Cn1ccc(=O)c(O)c1)C(=O)N[C@@H](Cc1ccccc1)C(=O)NCC(=O)N[C@@H](Cc1ccc(O)cc1)C(=O)O. The number of carbonyl (C=O) groups excluding carboxylic acids is 3. The first kappa shape index (κ1) is 30.4. The van der Waals surface area contributed by atoms with Crippen LogP contribution in [0.3, 0.4) is 0 Å². The van der Waals surface area contributed by atoms with Crippen LogP contribution in [0.15, 0.2) is 77.9 Å². The number of benzene rings is 2. The number of carboxylic acid groups (broad SMARTS) is 1. The Hall–Kier alpha value is -5.17. The van der Waals surface area contributed by atoms with E-state index < -0.39 is 59.5 Å². The maximum absolute atomic E-state index is 13.0. The van der Waals surface area contributed by atoms with Crippen LogP contribution in [0.4, 0.5) is 0 Å². The van der Waals surface area contributed by atoms with Crippen molar-refractivity contribution in [3.8, 4) is 11.5 Å². The van der Waals surface area contributed by atoms with Crippen molar-refractivity contribution in [3.63, 3.8) is 0 Å². The molecule has 3 aromatic rings. The van der Waals surface area contributed by atoms with Crippen molar-refractivity contribution in [1.82, 2.24) is 20.5 Å². The highest BCUT2D eigenvalue weighted by Gasteiger charge is 2.26. The Bertz CT molecular complexity index is 1430. The molecule has 3 atom stereocenters. The Labute approximate surface area is 234 Å². The molecule has 0 aliphatic rings. The second-order valence-electron chi connectivity index (χ2n) is 9.30. The van der Waals surface area contributed by atoms with E-state index in [1.807, 2.05) is 0 Å². The van der Waals surface area contributed by atoms with Crippen LogP contribution in [0.1, 0.15) is 11.1 Å². The van der Waals surface area contributed by atoms with Gasteiger partial charge in [0.15, 0.2) is 5.75 Å². The summed E-state index contributed by atoms with van der Waals surface area (Å²) in [7, 11) is 0. The molecular formula is C28H31N5O8. The van der Waals surface area contributed by atoms with E-state index in [1.165, 1.54) is 35.0 Å². The zero-order valence-electron chi connectivity index (χ0n) is 21.9. The summed E-state index contributed by atoms with van der Waals surface area (Å²) >= 11 is 0. The fraction of sp³-hybridized carbons (Fsp3) is 0.250. The first-order valence-electron chi connectivity index (χ1n) is 12.6. The molecule has 2 aromatic carbocycles. The number of aliphatic carboxylic acids is 1. The second-order valence-corrected chi connectivity index (χ2v) is 9.30. The number of carbonyl (C=O) groups is 4. The number of aromatic hydroxyl groups is 2. The molecule has 13 heteroatoms. The molecule has 8 N–H and O–H groups in total. The summed E-state index contributed by atoms with van der Waals surface area (Å²) in [5.74, 6) is -3.92. The summed E-state index contributed by atoms with van der Waals surface area (Å²) < 4.78 is 1.36. The second kappa shape index (κ2) is 14.3. The number of nitrogens with zero attached hydrogens (tertiary/aromatic N) is 1. The molecule has 0 aliphatic heterocycles. The van der Waals surface area contributed by atoms with Gasteiger partial charge in [0, 0.05) is 37.8 Å². The highest BCUT2D eigenvalue weighted by Crippen LogP contribution is 2.11. The quantitative estimate of drug-likeness (QED) is 0.139. The molecule has 216 valence electrons. The van der Waals surface area contributed by atoms with E-state index in [-0.39, 0.29) is 25.1 Å². The summed E-state index contributed by atoms with van der Waals surface area (Å²) in [6.07, 6.45) is 2.51. The Kier molecular flexibility index (Phi) is 10.6. The van der Waals surface area contributed by atoms with E-state index in [0.29, 0.717) is 5.56 Å². The van der Waals surface area contributed by atoms with Crippen LogP contribution in [0.25, 0.3) is 0 Å². The van der Waals surface area contributed by atoms with E-state index in [0.717, 1.165) is 17.8 Å². The van der Waals surface area contributed by atoms with E-state index in [1.54, 1.807) is 30.3 Å². The van der Waals surface area contributed by atoms with Gasteiger partial charge in [-0.25, -0.2) is 4.79 Å². The van der Waals surface area contributed by atoms with Crippen LogP contribution in [-0.2, 0) is 38.6 Å². The van der Waals surface area contributed by atoms with Gasteiger partial charge in [-0.15, -0.1) is 0 Å². The third-order valence-electron chi connectivity index (χ3n) is 6.05. The topological polar surface area (TPSA) is 213 Å². The smallest absolute Gasteiger partial charge is 0.326 e. The number of hydrogen-bond acceptors (Lipinski definition) is 8. The molecule has 1 heterocycles. The molecule has 3 amide bonds. The van der Waals surface area contributed by atoms with Crippen LogP contribution < -0.4 is 27.1 Å². The Morgan fingerprint density at radius 2 is 1.46 bits per heavy atom. The zero-order valence-corrected chi connectivity index (χ0v) is 21.9. The minimum Gasteiger partial charge on any atom is -0.508 e. The number of rotatable bonds is 13. The van der Waals surface area contributed by atoms with Gasteiger partial charge in [-0.1, -0.05) is 42.5 Å². The summed E-state index contributed by atoms with van der Waals surface area (Å²) in [4.78, 5) is 61.4. The summed E-state index contributed by atoms with van der Waals surface area (Å²) in [5.41, 5.74) is 6.70. The van der Waals surface area contributed by atoms with Crippen molar-refractivity contribution in [2.24, 2.45) is 5.73 Å². The van der Waals surface area contributed by atoms with Crippen LogP contribution in [0, 0.1) is 0 Å². The van der Waals surface area contributed by atoms with Gasteiger partial charge in [-0.05, 0) is 23.3 Å². The standard InChI is InChI=1S/C28H31N5O8/c29-20(15-33-11-10-23(35)24(36)16-33)26(38)32-21(12-17-4-2-1-3-5-17)27(39)30-14-25(37)31-22(28(40)41)13-18-6-8-19(34)9-7-18/h1-11,16,20-22,34,36H,12-15,29H2,(H,30,39)(H,31,37)(H,32,38)(H,40,41)/t20-,21-,22-/m0/s1. The molecule has 0 unspecified atom stereocenters. The highest BCUT2D eigenvalue weighted by atomic mass is 16.4. The predicted molar refractivity (Wildman–Crippen MR) is 147 cm³/mol. The van der Waals surface area contributed by atoms with Gasteiger partial charge in [0.25, 0.3) is 0 Å². The normalized spacial score (nSPS) is 12.9. The molecule has 0 saturated heterocycles. The monoisotopic (exact) mass is 565 g/mol. The van der Waals surface area contributed by atoms with E-state index in [2.05, 4.69) is 16.0 Å². The number of aromatic nitrogens is 1. The summed E-state index contributed by atoms with van der Waals surface area (Å²) in [6.45, 7) is -0.651. The zero-order chi connectivity index (χ0) is 29.9. The van der Waals surface area contributed by atoms with Crippen molar-refractivity contribution in [3.05, 3.63) is 94.4 Å². The van der Waals surface area contributed by atoms with Crippen molar-refractivity contribution in [1.29, 1.82) is 0 Å². The van der Waals surface area contributed by atoms with Gasteiger partial charge >= 0.3 is 5.97 Å². The van der Waals surface area contributed by atoms with Gasteiger partial charge in [0.1, 0.15) is 23.9 Å². The van der Waals surface area contributed by atoms with Gasteiger partial charge in [-0.3, -0.25) is 19.2 Å². The lowest BCUT2D eigenvalue weighted by Crippen LogP contribution is -2.55. The molecule has 0 radical (unpaired) electrons. The van der Waals surface area contributed by atoms with Crippen LogP contribution in [0.2, 0.25) is 0 Å². The molecular weight excluding hydrogens is 534 g/mol. The summed E-state index contributed by atoms with van der Waals surface area (Å²) in [5, 5.41) is 35.9. The van der Waals surface area contributed by atoms with E-state index in [4.69, 9.17) is 5.73 Å². The number of hydrogen-bond donors (Lipinski definition) is 7. The Morgan fingerprint density at radius 1 is 0.829 bits per heavy atom. The average Bonchev–Trinajstić information content (AvgIpc) is 2.94. The van der Waals surface area contributed by atoms with Crippen molar-refractivity contribution < 1.29 is 34.5 Å². The molecule has 0 fully saturated rings. The van der Waals surface area contributed by atoms with Crippen molar-refractivity contribution in [2.75, 3.05) is 6.54 Å². The average molecular weight is 566 g/mol. The molecule has 0 spiro atoms. The number of phenols is 1. The van der Waals surface area contributed by atoms with Gasteiger partial charge in [0.05, 0.1) is 6.54 Å². The van der Waals surface area contributed by atoms with Gasteiger partial charge < -0.3 is 41.6 Å². The third kappa shape index (κ3) is 9.51. The molecule has 13 nitrogen and oxygen atoms in total. The number of pyridine rings is 1. The molecule has 0 bridgehead atoms. The lowest BCUT2D eigenvalue weighted by Gasteiger charge is -2.22. The lowest BCUT2D eigenvalue weighted by atomic mass is 10.0. The minimum absolute atomic E-state index is 0.0152. The Morgan fingerprint density at radius 3 is 2.10 bits per heavy atom. The third-order valence-corrected chi connectivity index (χ3v) is 6.05. The van der Waals surface area contributed by atoms with E-state index >= 15 is 0 Å². The minimum atomic E-state index is -1.28. The first-order chi connectivity index (χ1) is 19.5. The fourth-order valence-electron chi connectivity index (χ4n) is 3.88. The number of nitrogens with one attached hydrogen (secondary N) is 3. The Balaban J connectivity index is 1.62. The van der Waals surface area contributed by atoms with Gasteiger partial charge in [-0.2, -0.15) is 0 Å². The lowest BCUT2D eigenvalue weighted by molar-refractivity contribution is -0.141. The number of phenolic OH excluding ortho intramolecular Hbond substituents is 1. The van der Waals surface area contributed by atoms with Gasteiger partial charge in [0.2, 0.25) is 23.2 Å². The number of carboxylic acids is 1. The van der Waals surface area contributed by atoms with Crippen LogP contribution >= 0.6 is 0 Å². The molecule has 3 rings (SSSR count). The van der Waals surface area contributed by atoms with Crippen LogP contribution in [0.5, 0.6) is 11.5 Å². The van der Waals surface area contributed by atoms with Crippen molar-refractivity contribution >= 4 is 23.7 Å². The first-order valence-corrected chi connectivity index (χ1v) is 12.6. The fourth-order valence-corrected chi connectivity index (χ4v) is 3.88. The molecule has 41 heavy (non-hydrogen) atoms. The van der Waals surface area contributed by atoms with Crippen LogP contribution in [-0.4, -0.2) is 68.2 Å². The van der Waals surface area contributed by atoms with E-state index in [9.17, 15) is 39.3 Å². The number of nitrogens with two attached hydrogens (primary N) is 1. The highest BCUT2D eigenvalue weighted by molar-refractivity contribution is 5.92. The largest absolute Gasteiger partial charge is 0.508 e. The summed E-state index contributed by atoms with van der Waals surface area (Å²) in [6, 6.07) is 12.2.